The van der Waals surface area contributed by atoms with Crippen molar-refractivity contribution >= 4 is 5.97 Å². The standard InChI is InChI=1S/C17H24O5/c1-4-5-7-17(11-21-16(2,3)22-12-17)8-6-14(18)13-9-15(19)20-10-13/h4-5,7,9,14,18H,1,6,8,10-12H2,2-3H3/b7-5+. The van der Waals surface area contributed by atoms with Crippen molar-refractivity contribution < 1.29 is 24.1 Å². The molecule has 0 aromatic rings. The summed E-state index contributed by atoms with van der Waals surface area (Å²) in [5.74, 6) is -0.973. The van der Waals surface area contributed by atoms with E-state index >= 15 is 0 Å². The Morgan fingerprint density at radius 3 is 2.64 bits per heavy atom. The molecule has 2 heterocycles. The van der Waals surface area contributed by atoms with Gasteiger partial charge in [-0.1, -0.05) is 24.8 Å². The van der Waals surface area contributed by atoms with Gasteiger partial charge in [-0.2, -0.15) is 0 Å². The smallest absolute Gasteiger partial charge is 0.331 e. The molecule has 5 nitrogen and oxygen atoms in total. The summed E-state index contributed by atoms with van der Waals surface area (Å²) in [5, 5.41) is 10.2. The number of aliphatic hydroxyl groups is 1. The van der Waals surface area contributed by atoms with Gasteiger partial charge >= 0.3 is 5.97 Å². The molecule has 0 radical (unpaired) electrons. The average Bonchev–Trinajstić information content (AvgIpc) is 2.92. The number of carbonyl (C=O) groups is 1. The minimum absolute atomic E-state index is 0.176. The molecular weight excluding hydrogens is 284 g/mol. The molecule has 0 saturated carbocycles. The van der Waals surface area contributed by atoms with Gasteiger partial charge in [-0.15, -0.1) is 0 Å². The topological polar surface area (TPSA) is 65.0 Å². The van der Waals surface area contributed by atoms with Gasteiger partial charge in [0, 0.05) is 17.1 Å². The van der Waals surface area contributed by atoms with E-state index in [-0.39, 0.29) is 18.0 Å². The van der Waals surface area contributed by atoms with Crippen molar-refractivity contribution in [2.75, 3.05) is 19.8 Å². The fourth-order valence-electron chi connectivity index (χ4n) is 2.51. The van der Waals surface area contributed by atoms with Gasteiger partial charge in [0.05, 0.1) is 19.3 Å². The summed E-state index contributed by atoms with van der Waals surface area (Å²) in [4.78, 5) is 11.1. The lowest BCUT2D eigenvalue weighted by atomic mass is 9.81. The molecule has 0 aromatic heterocycles. The zero-order chi connectivity index (χ0) is 16.2. The van der Waals surface area contributed by atoms with Crippen LogP contribution in [0.25, 0.3) is 0 Å². The molecule has 5 heteroatoms. The first kappa shape index (κ1) is 16.9. The second kappa shape index (κ2) is 6.77. The molecule has 1 atom stereocenters. The van der Waals surface area contributed by atoms with Crippen molar-refractivity contribution in [2.24, 2.45) is 5.41 Å². The molecule has 0 aromatic carbocycles. The highest BCUT2D eigenvalue weighted by Crippen LogP contribution is 2.36. The van der Waals surface area contributed by atoms with E-state index in [1.54, 1.807) is 6.08 Å². The van der Waals surface area contributed by atoms with Crippen molar-refractivity contribution in [3.8, 4) is 0 Å². The maximum Gasteiger partial charge on any atom is 0.331 e. The number of ether oxygens (including phenoxy) is 3. The number of aliphatic hydroxyl groups excluding tert-OH is 1. The van der Waals surface area contributed by atoms with E-state index in [0.717, 1.165) is 0 Å². The number of rotatable bonds is 6. The van der Waals surface area contributed by atoms with Crippen LogP contribution in [0.2, 0.25) is 0 Å². The average molecular weight is 308 g/mol. The lowest BCUT2D eigenvalue weighted by Gasteiger charge is -2.42. The van der Waals surface area contributed by atoms with Gasteiger partial charge in [0.2, 0.25) is 0 Å². The van der Waals surface area contributed by atoms with Crippen LogP contribution in [0.15, 0.2) is 36.5 Å². The highest BCUT2D eigenvalue weighted by molar-refractivity contribution is 5.85. The molecular formula is C17H24O5. The Morgan fingerprint density at radius 1 is 1.41 bits per heavy atom. The molecule has 2 aliphatic rings. The zero-order valence-corrected chi connectivity index (χ0v) is 13.2. The summed E-state index contributed by atoms with van der Waals surface area (Å²) < 4.78 is 16.4. The Hall–Kier alpha value is -1.43. The number of esters is 1. The Morgan fingerprint density at radius 2 is 2.09 bits per heavy atom. The van der Waals surface area contributed by atoms with Crippen LogP contribution in [0.4, 0.5) is 0 Å². The molecule has 0 spiro atoms. The summed E-state index contributed by atoms with van der Waals surface area (Å²) in [7, 11) is 0. The van der Waals surface area contributed by atoms with Crippen LogP contribution in [-0.2, 0) is 19.0 Å². The molecule has 1 fully saturated rings. The van der Waals surface area contributed by atoms with Crippen LogP contribution in [0, 0.1) is 5.41 Å². The van der Waals surface area contributed by atoms with E-state index in [0.29, 0.717) is 31.6 Å². The minimum atomic E-state index is -0.685. The van der Waals surface area contributed by atoms with Gasteiger partial charge < -0.3 is 19.3 Å². The number of hydrogen-bond acceptors (Lipinski definition) is 5. The number of cyclic esters (lactones) is 1. The highest BCUT2D eigenvalue weighted by Gasteiger charge is 2.38. The minimum Gasteiger partial charge on any atom is -0.458 e. The summed E-state index contributed by atoms with van der Waals surface area (Å²) in [5.41, 5.74) is 0.333. The van der Waals surface area contributed by atoms with E-state index in [1.807, 2.05) is 26.0 Å². The van der Waals surface area contributed by atoms with E-state index in [9.17, 15) is 9.90 Å². The zero-order valence-electron chi connectivity index (χ0n) is 13.2. The Balaban J connectivity index is 1.98. The van der Waals surface area contributed by atoms with Crippen LogP contribution in [0.5, 0.6) is 0 Å². The van der Waals surface area contributed by atoms with E-state index in [4.69, 9.17) is 14.2 Å². The molecule has 0 aliphatic carbocycles. The van der Waals surface area contributed by atoms with Crippen molar-refractivity contribution in [1.82, 2.24) is 0 Å². The van der Waals surface area contributed by atoms with E-state index in [2.05, 4.69) is 6.58 Å². The molecule has 0 bridgehead atoms. The fourth-order valence-corrected chi connectivity index (χ4v) is 2.51. The van der Waals surface area contributed by atoms with Crippen molar-refractivity contribution in [3.63, 3.8) is 0 Å². The normalized spacial score (nSPS) is 24.9. The van der Waals surface area contributed by atoms with Gasteiger partial charge in [0.25, 0.3) is 0 Å². The Kier molecular flexibility index (Phi) is 5.21. The number of hydrogen-bond donors (Lipinski definition) is 1. The maximum absolute atomic E-state index is 11.1. The van der Waals surface area contributed by atoms with Crippen LogP contribution in [0.3, 0.4) is 0 Å². The van der Waals surface area contributed by atoms with Crippen molar-refractivity contribution in [3.05, 3.63) is 36.5 Å². The lowest BCUT2D eigenvalue weighted by molar-refractivity contribution is -0.278. The molecule has 1 saturated heterocycles. The summed E-state index contributed by atoms with van der Waals surface area (Å²) in [6.07, 6.45) is 7.48. The Bertz CT molecular complexity index is 479. The van der Waals surface area contributed by atoms with Gasteiger partial charge in [0.1, 0.15) is 6.61 Å². The number of carbonyl (C=O) groups excluding carboxylic acids is 1. The van der Waals surface area contributed by atoms with Gasteiger partial charge in [0.15, 0.2) is 5.79 Å². The van der Waals surface area contributed by atoms with Crippen LogP contribution in [0.1, 0.15) is 26.7 Å². The van der Waals surface area contributed by atoms with Crippen LogP contribution >= 0.6 is 0 Å². The first-order chi connectivity index (χ1) is 10.4. The highest BCUT2D eigenvalue weighted by atomic mass is 16.7. The maximum atomic E-state index is 11.1. The van der Waals surface area contributed by atoms with Crippen LogP contribution < -0.4 is 0 Å². The van der Waals surface area contributed by atoms with Gasteiger partial charge in [-0.25, -0.2) is 4.79 Å². The van der Waals surface area contributed by atoms with E-state index < -0.39 is 11.9 Å². The van der Waals surface area contributed by atoms with Crippen molar-refractivity contribution in [1.29, 1.82) is 0 Å². The lowest BCUT2D eigenvalue weighted by Crippen LogP contribution is -2.46. The summed E-state index contributed by atoms with van der Waals surface area (Å²) >= 11 is 0. The molecule has 0 amide bonds. The molecule has 1 unspecified atom stereocenters. The molecule has 1 N–H and O–H groups in total. The predicted molar refractivity (Wildman–Crippen MR) is 82.0 cm³/mol. The summed E-state index contributed by atoms with van der Waals surface area (Å²) in [6.45, 7) is 8.67. The predicted octanol–water partition coefficient (Wildman–Crippen LogP) is 2.12. The molecule has 122 valence electrons. The largest absolute Gasteiger partial charge is 0.458 e. The second-order valence-corrected chi connectivity index (χ2v) is 6.32. The van der Waals surface area contributed by atoms with Gasteiger partial charge in [-0.05, 0) is 26.7 Å². The molecule has 22 heavy (non-hydrogen) atoms. The van der Waals surface area contributed by atoms with E-state index in [1.165, 1.54) is 6.08 Å². The van der Waals surface area contributed by atoms with Gasteiger partial charge in [-0.3, -0.25) is 0 Å². The third-order valence-corrected chi connectivity index (χ3v) is 4.03. The first-order valence-electron chi connectivity index (χ1n) is 7.49. The third kappa shape index (κ3) is 4.29. The first-order valence-corrected chi connectivity index (χ1v) is 7.49. The van der Waals surface area contributed by atoms with Crippen LogP contribution in [-0.4, -0.2) is 42.8 Å². The SMILES string of the molecule is C=C/C=C/C1(CCC(O)C2=CC(=O)OC2)COC(C)(C)OC1. The fraction of sp³-hybridized carbons (Fsp3) is 0.588. The monoisotopic (exact) mass is 308 g/mol. The quantitative estimate of drug-likeness (QED) is 0.601. The summed E-state index contributed by atoms with van der Waals surface area (Å²) in [6, 6.07) is 0. The third-order valence-electron chi connectivity index (χ3n) is 4.03. The molecule has 2 aliphatic heterocycles. The number of allylic oxidation sites excluding steroid dienone is 2. The van der Waals surface area contributed by atoms with Crippen molar-refractivity contribution in [2.45, 2.75) is 38.6 Å². The second-order valence-electron chi connectivity index (χ2n) is 6.32. The Labute approximate surface area is 131 Å². The molecule has 2 rings (SSSR count).